The number of nitrogens with two attached hydrogens (primary N) is 1. The van der Waals surface area contributed by atoms with Gasteiger partial charge in [-0.1, -0.05) is 0 Å². The highest BCUT2D eigenvalue weighted by Gasteiger charge is 2.23. The molecule has 124 valence electrons. The maximum absolute atomic E-state index is 12.5. The zero-order chi connectivity index (χ0) is 16.4. The van der Waals surface area contributed by atoms with Gasteiger partial charge in [0.15, 0.2) is 11.5 Å². The first-order chi connectivity index (χ1) is 11.1. The van der Waals surface area contributed by atoms with Gasteiger partial charge in [0, 0.05) is 17.0 Å². The lowest BCUT2D eigenvalue weighted by molar-refractivity contribution is -0.0515. The molecule has 0 atom stereocenters. The summed E-state index contributed by atoms with van der Waals surface area (Å²) in [5.74, 6) is 0.901. The normalized spacial score (nSPS) is 14.3. The quantitative estimate of drug-likeness (QED) is 0.829. The van der Waals surface area contributed by atoms with E-state index in [1.54, 1.807) is 12.1 Å². The fraction of sp³-hybridized carbons (Fsp3) is 0.438. The maximum atomic E-state index is 12.5. The monoisotopic (exact) mass is 340 g/mol. The first-order valence-corrected chi connectivity index (χ1v) is 8.27. The van der Waals surface area contributed by atoms with Crippen molar-refractivity contribution in [3.8, 4) is 22.1 Å². The van der Waals surface area contributed by atoms with E-state index in [0.717, 1.165) is 34.0 Å². The first kappa shape index (κ1) is 16.1. The van der Waals surface area contributed by atoms with Gasteiger partial charge in [-0.3, -0.25) is 0 Å². The van der Waals surface area contributed by atoms with Crippen LogP contribution in [0.4, 0.5) is 8.78 Å². The molecule has 7 heteroatoms. The molecule has 2 aromatic rings. The Morgan fingerprint density at radius 1 is 1.35 bits per heavy atom. The Hall–Kier alpha value is -1.73. The summed E-state index contributed by atoms with van der Waals surface area (Å²) in [5.41, 5.74) is 7.38. The van der Waals surface area contributed by atoms with E-state index in [4.69, 9.17) is 10.5 Å². The molecule has 1 aromatic carbocycles. The number of rotatable bonds is 7. The highest BCUT2D eigenvalue weighted by molar-refractivity contribution is 7.15. The first-order valence-electron chi connectivity index (χ1n) is 7.45. The van der Waals surface area contributed by atoms with Crippen LogP contribution in [-0.2, 0) is 6.54 Å². The molecule has 0 bridgehead atoms. The van der Waals surface area contributed by atoms with Crippen molar-refractivity contribution in [2.45, 2.75) is 32.9 Å². The van der Waals surface area contributed by atoms with Crippen LogP contribution < -0.4 is 15.2 Å². The van der Waals surface area contributed by atoms with E-state index in [2.05, 4.69) is 9.72 Å². The number of alkyl halides is 2. The van der Waals surface area contributed by atoms with Gasteiger partial charge in [0.05, 0.1) is 12.3 Å². The Morgan fingerprint density at radius 3 is 2.74 bits per heavy atom. The molecule has 1 fully saturated rings. The van der Waals surface area contributed by atoms with Crippen LogP contribution >= 0.6 is 11.3 Å². The smallest absolute Gasteiger partial charge is 0.387 e. The second-order valence-corrected chi connectivity index (χ2v) is 6.61. The van der Waals surface area contributed by atoms with Crippen molar-refractivity contribution in [3.05, 3.63) is 28.8 Å². The Bertz CT molecular complexity index is 687. The minimum Gasteiger partial charge on any atom is -0.489 e. The van der Waals surface area contributed by atoms with Crippen molar-refractivity contribution < 1.29 is 18.3 Å². The molecule has 23 heavy (non-hydrogen) atoms. The molecule has 0 radical (unpaired) electrons. The summed E-state index contributed by atoms with van der Waals surface area (Å²) in [4.78, 5) is 5.49. The lowest BCUT2D eigenvalue weighted by atomic mass is 10.2. The molecule has 0 aliphatic heterocycles. The van der Waals surface area contributed by atoms with E-state index in [1.807, 2.05) is 6.92 Å². The Labute approximate surface area is 137 Å². The predicted molar refractivity (Wildman–Crippen MR) is 85.0 cm³/mol. The van der Waals surface area contributed by atoms with Gasteiger partial charge in [0.25, 0.3) is 0 Å². The summed E-state index contributed by atoms with van der Waals surface area (Å²) in [6.45, 7) is -0.0223. The Morgan fingerprint density at radius 2 is 2.13 bits per heavy atom. The second kappa shape index (κ2) is 6.80. The molecule has 0 amide bonds. The van der Waals surface area contributed by atoms with Crippen LogP contribution in [0.2, 0.25) is 0 Å². The zero-order valence-electron chi connectivity index (χ0n) is 12.7. The predicted octanol–water partition coefficient (Wildman–Crippen LogP) is 3.97. The Balaban J connectivity index is 1.88. The van der Waals surface area contributed by atoms with E-state index in [9.17, 15) is 8.78 Å². The number of aryl methyl sites for hydroxylation is 1. The molecular weight excluding hydrogens is 322 g/mol. The standard InChI is InChI=1S/C16H18F2N2O2S/c1-9-14(7-19)23-15(20-9)11-4-5-12(22-16(17)18)13(6-11)21-8-10-2-3-10/h4-6,10,16H,2-3,7-8,19H2,1H3. The average Bonchev–Trinajstić information content (AvgIpc) is 3.27. The molecule has 0 spiro atoms. The van der Waals surface area contributed by atoms with Crippen LogP contribution in [0.5, 0.6) is 11.5 Å². The van der Waals surface area contributed by atoms with Gasteiger partial charge in [0.1, 0.15) is 5.01 Å². The van der Waals surface area contributed by atoms with Crippen LogP contribution in [0.1, 0.15) is 23.4 Å². The SMILES string of the molecule is Cc1nc(-c2ccc(OC(F)F)c(OCC3CC3)c2)sc1CN. The third-order valence-corrected chi connectivity index (χ3v) is 4.89. The van der Waals surface area contributed by atoms with Crippen LogP contribution in [0, 0.1) is 12.8 Å². The molecule has 0 saturated heterocycles. The molecule has 1 aliphatic carbocycles. The summed E-state index contributed by atoms with van der Waals surface area (Å²) in [5, 5.41) is 0.794. The van der Waals surface area contributed by atoms with Crippen molar-refractivity contribution in [1.29, 1.82) is 0 Å². The molecular formula is C16H18F2N2O2S. The van der Waals surface area contributed by atoms with Crippen LogP contribution in [0.3, 0.4) is 0 Å². The minimum atomic E-state index is -2.88. The van der Waals surface area contributed by atoms with Gasteiger partial charge in [-0.15, -0.1) is 11.3 Å². The maximum Gasteiger partial charge on any atom is 0.387 e. The molecule has 1 aromatic heterocycles. The van der Waals surface area contributed by atoms with Gasteiger partial charge < -0.3 is 15.2 Å². The van der Waals surface area contributed by atoms with Crippen molar-refractivity contribution in [3.63, 3.8) is 0 Å². The lowest BCUT2D eigenvalue weighted by Gasteiger charge is -2.13. The van der Waals surface area contributed by atoms with Crippen LogP contribution in [0.15, 0.2) is 18.2 Å². The highest BCUT2D eigenvalue weighted by atomic mass is 32.1. The number of halogens is 2. The Kier molecular flexibility index (Phi) is 4.77. The molecule has 3 rings (SSSR count). The molecule has 4 nitrogen and oxygen atoms in total. The van der Waals surface area contributed by atoms with Crippen molar-refractivity contribution in [2.24, 2.45) is 11.7 Å². The second-order valence-electron chi connectivity index (χ2n) is 5.53. The topological polar surface area (TPSA) is 57.4 Å². The van der Waals surface area contributed by atoms with Crippen LogP contribution in [0.25, 0.3) is 10.6 Å². The summed E-state index contributed by atoms with van der Waals surface area (Å²) in [7, 11) is 0. The average molecular weight is 340 g/mol. The fourth-order valence-electron chi connectivity index (χ4n) is 2.18. The summed E-state index contributed by atoms with van der Waals surface area (Å²) < 4.78 is 35.3. The van der Waals surface area contributed by atoms with Gasteiger partial charge in [0.2, 0.25) is 0 Å². The van der Waals surface area contributed by atoms with E-state index in [-0.39, 0.29) is 5.75 Å². The summed E-state index contributed by atoms with van der Waals surface area (Å²) >= 11 is 1.50. The minimum absolute atomic E-state index is 0.0525. The number of hydrogen-bond donors (Lipinski definition) is 1. The molecule has 0 unspecified atom stereocenters. The van der Waals surface area contributed by atoms with Crippen molar-refractivity contribution in [1.82, 2.24) is 4.98 Å². The largest absolute Gasteiger partial charge is 0.489 e. The number of benzene rings is 1. The highest BCUT2D eigenvalue weighted by Crippen LogP contribution is 2.37. The van der Waals surface area contributed by atoms with Crippen LogP contribution in [-0.4, -0.2) is 18.2 Å². The summed E-state index contributed by atoms with van der Waals surface area (Å²) in [6.07, 6.45) is 2.24. The van der Waals surface area contributed by atoms with E-state index >= 15 is 0 Å². The van der Waals surface area contributed by atoms with E-state index < -0.39 is 6.61 Å². The molecule has 1 saturated carbocycles. The third kappa shape index (κ3) is 3.97. The molecule has 2 N–H and O–H groups in total. The van der Waals surface area contributed by atoms with Gasteiger partial charge in [-0.05, 0) is 43.9 Å². The number of aromatic nitrogens is 1. The van der Waals surface area contributed by atoms with Crippen molar-refractivity contribution >= 4 is 11.3 Å². The number of nitrogens with zero attached hydrogens (tertiary/aromatic N) is 1. The number of hydrogen-bond acceptors (Lipinski definition) is 5. The van der Waals surface area contributed by atoms with Crippen molar-refractivity contribution in [2.75, 3.05) is 6.61 Å². The molecule has 1 aliphatic rings. The summed E-state index contributed by atoms with van der Waals surface area (Å²) in [6, 6.07) is 4.92. The third-order valence-electron chi connectivity index (χ3n) is 3.66. The lowest BCUT2D eigenvalue weighted by Crippen LogP contribution is -2.06. The van der Waals surface area contributed by atoms with Gasteiger partial charge in [-0.25, -0.2) is 4.98 Å². The zero-order valence-corrected chi connectivity index (χ0v) is 13.5. The van der Waals surface area contributed by atoms with E-state index in [1.165, 1.54) is 17.4 Å². The van der Waals surface area contributed by atoms with Gasteiger partial charge in [-0.2, -0.15) is 8.78 Å². The van der Waals surface area contributed by atoms with Gasteiger partial charge >= 0.3 is 6.61 Å². The fourth-order valence-corrected chi connectivity index (χ4v) is 3.12. The molecule has 1 heterocycles. The number of thiazole rings is 1. The van der Waals surface area contributed by atoms with E-state index in [0.29, 0.717) is 24.8 Å². The number of ether oxygens (including phenoxy) is 2.